The SMILES string of the molecule is Nc1ccc2cc(-c3c(F)ccc(-c4cc(Cl)cc(S(N)(=O)=O)c4Cl)c3F)ccc2n1. The third kappa shape index (κ3) is 3.95. The summed E-state index contributed by atoms with van der Waals surface area (Å²) in [5.74, 6) is -1.43. The van der Waals surface area contributed by atoms with E-state index in [9.17, 15) is 12.8 Å². The van der Waals surface area contributed by atoms with Crippen LogP contribution in [0.3, 0.4) is 0 Å². The minimum atomic E-state index is -4.23. The van der Waals surface area contributed by atoms with E-state index in [0.29, 0.717) is 16.7 Å². The number of aromatic nitrogens is 1. The second-order valence-electron chi connectivity index (χ2n) is 6.74. The largest absolute Gasteiger partial charge is 0.384 e. The Bertz CT molecular complexity index is 1480. The van der Waals surface area contributed by atoms with Gasteiger partial charge in [-0.3, -0.25) is 0 Å². The molecule has 3 aromatic carbocycles. The normalized spacial score (nSPS) is 11.8. The Morgan fingerprint density at radius 3 is 2.35 bits per heavy atom. The minimum Gasteiger partial charge on any atom is -0.384 e. The molecule has 4 rings (SSSR count). The molecule has 0 radical (unpaired) electrons. The molecule has 0 spiro atoms. The number of hydrogen-bond donors (Lipinski definition) is 2. The molecule has 0 saturated heterocycles. The number of pyridine rings is 1. The highest BCUT2D eigenvalue weighted by Crippen LogP contribution is 2.40. The van der Waals surface area contributed by atoms with Crippen LogP contribution in [0.4, 0.5) is 14.6 Å². The number of primary sulfonamides is 1. The van der Waals surface area contributed by atoms with Crippen molar-refractivity contribution in [1.82, 2.24) is 4.98 Å². The molecule has 0 unspecified atom stereocenters. The van der Waals surface area contributed by atoms with Gasteiger partial charge in [-0.05, 0) is 54.1 Å². The zero-order valence-corrected chi connectivity index (χ0v) is 17.9. The number of nitrogen functional groups attached to an aromatic ring is 1. The van der Waals surface area contributed by atoms with E-state index in [1.54, 1.807) is 24.3 Å². The second kappa shape index (κ2) is 7.72. The van der Waals surface area contributed by atoms with Crippen molar-refractivity contribution in [3.05, 3.63) is 76.3 Å². The molecular weight excluding hydrogens is 467 g/mol. The quantitative estimate of drug-likeness (QED) is 0.411. The Hall–Kier alpha value is -2.78. The molecule has 0 aliphatic carbocycles. The number of hydrogen-bond acceptors (Lipinski definition) is 4. The third-order valence-electron chi connectivity index (χ3n) is 4.69. The first-order valence-electron chi connectivity index (χ1n) is 8.73. The molecule has 0 saturated carbocycles. The van der Waals surface area contributed by atoms with Crippen LogP contribution in [-0.2, 0) is 10.0 Å². The topological polar surface area (TPSA) is 99.1 Å². The van der Waals surface area contributed by atoms with Gasteiger partial charge in [0.05, 0.1) is 16.1 Å². The van der Waals surface area contributed by atoms with E-state index >= 15 is 4.39 Å². The van der Waals surface area contributed by atoms with Gasteiger partial charge in [-0.15, -0.1) is 0 Å². The number of rotatable bonds is 3. The van der Waals surface area contributed by atoms with E-state index in [-0.39, 0.29) is 32.3 Å². The Balaban J connectivity index is 1.96. The number of anilines is 1. The minimum absolute atomic E-state index is 0.0249. The standard InChI is InChI=1S/C21H13Cl2F2N3O2S/c22-12-8-14(20(23)17(9-12)31(27,29)30)13-3-4-15(24)19(21(13)25)11-1-5-16-10(7-11)2-6-18(26)28-16/h1-9H,(H2,26,28)(H2,27,29,30). The zero-order valence-electron chi connectivity index (χ0n) is 15.5. The van der Waals surface area contributed by atoms with Crippen molar-refractivity contribution in [3.8, 4) is 22.3 Å². The number of halogens is 4. The van der Waals surface area contributed by atoms with E-state index in [2.05, 4.69) is 4.98 Å². The molecule has 10 heteroatoms. The third-order valence-corrected chi connectivity index (χ3v) is 6.36. The molecular formula is C21H13Cl2F2N3O2S. The lowest BCUT2D eigenvalue weighted by Crippen LogP contribution is -2.13. The maximum atomic E-state index is 15.6. The van der Waals surface area contributed by atoms with Gasteiger partial charge in [0.1, 0.15) is 22.3 Å². The highest BCUT2D eigenvalue weighted by molar-refractivity contribution is 7.89. The molecule has 0 atom stereocenters. The summed E-state index contributed by atoms with van der Waals surface area (Å²) in [6.45, 7) is 0. The van der Waals surface area contributed by atoms with Gasteiger partial charge in [0.2, 0.25) is 10.0 Å². The van der Waals surface area contributed by atoms with E-state index in [0.717, 1.165) is 18.2 Å². The highest BCUT2D eigenvalue weighted by atomic mass is 35.5. The maximum Gasteiger partial charge on any atom is 0.239 e. The van der Waals surface area contributed by atoms with Gasteiger partial charge >= 0.3 is 0 Å². The van der Waals surface area contributed by atoms with Gasteiger partial charge in [-0.25, -0.2) is 27.3 Å². The van der Waals surface area contributed by atoms with Crippen LogP contribution in [0.15, 0.2) is 59.5 Å². The summed E-state index contributed by atoms with van der Waals surface area (Å²) in [5.41, 5.74) is 6.00. The summed E-state index contributed by atoms with van der Waals surface area (Å²) in [6, 6.07) is 12.5. The molecule has 4 N–H and O–H groups in total. The van der Waals surface area contributed by atoms with Crippen molar-refractivity contribution in [1.29, 1.82) is 0 Å². The molecule has 0 amide bonds. The molecule has 0 bridgehead atoms. The fraction of sp³-hybridized carbons (Fsp3) is 0. The Kier molecular flexibility index (Phi) is 5.35. The van der Waals surface area contributed by atoms with E-state index in [1.165, 1.54) is 12.1 Å². The number of fused-ring (bicyclic) bond motifs is 1. The average Bonchev–Trinajstić information content (AvgIpc) is 2.69. The highest BCUT2D eigenvalue weighted by Gasteiger charge is 2.23. The van der Waals surface area contributed by atoms with Gasteiger partial charge in [0.25, 0.3) is 0 Å². The van der Waals surface area contributed by atoms with Crippen LogP contribution in [0, 0.1) is 11.6 Å². The Labute approximate surface area is 186 Å². The molecule has 1 aromatic heterocycles. The fourth-order valence-corrected chi connectivity index (χ4v) is 4.76. The molecule has 0 fully saturated rings. The van der Waals surface area contributed by atoms with Crippen LogP contribution in [0.25, 0.3) is 33.2 Å². The summed E-state index contributed by atoms with van der Waals surface area (Å²) in [5, 5.41) is 5.47. The van der Waals surface area contributed by atoms with Crippen molar-refractivity contribution in [2.24, 2.45) is 5.14 Å². The summed E-state index contributed by atoms with van der Waals surface area (Å²) in [7, 11) is -4.23. The van der Waals surface area contributed by atoms with Crippen LogP contribution < -0.4 is 10.9 Å². The fourth-order valence-electron chi connectivity index (χ4n) is 3.29. The van der Waals surface area contributed by atoms with Crippen LogP contribution in [-0.4, -0.2) is 13.4 Å². The number of benzene rings is 3. The first kappa shape index (κ1) is 21.5. The number of nitrogens with two attached hydrogens (primary N) is 2. The summed E-state index contributed by atoms with van der Waals surface area (Å²) < 4.78 is 53.9. The maximum absolute atomic E-state index is 15.6. The van der Waals surface area contributed by atoms with Crippen molar-refractivity contribution < 1.29 is 17.2 Å². The average molecular weight is 480 g/mol. The molecule has 0 aliphatic heterocycles. The van der Waals surface area contributed by atoms with Gasteiger partial charge in [0.15, 0.2) is 0 Å². The summed E-state index contributed by atoms with van der Waals surface area (Å²) >= 11 is 12.2. The van der Waals surface area contributed by atoms with Crippen molar-refractivity contribution in [2.45, 2.75) is 4.90 Å². The van der Waals surface area contributed by atoms with E-state index in [1.807, 2.05) is 0 Å². The predicted molar refractivity (Wildman–Crippen MR) is 118 cm³/mol. The van der Waals surface area contributed by atoms with Crippen LogP contribution in [0.1, 0.15) is 0 Å². The lowest BCUT2D eigenvalue weighted by Gasteiger charge is -2.14. The van der Waals surface area contributed by atoms with Crippen molar-refractivity contribution in [3.63, 3.8) is 0 Å². The summed E-state index contributed by atoms with van der Waals surface area (Å²) in [4.78, 5) is 3.70. The second-order valence-corrected chi connectivity index (χ2v) is 9.08. The van der Waals surface area contributed by atoms with Gasteiger partial charge in [-0.1, -0.05) is 29.3 Å². The molecule has 4 aromatic rings. The van der Waals surface area contributed by atoms with Gasteiger partial charge in [0, 0.05) is 21.5 Å². The number of sulfonamides is 1. The van der Waals surface area contributed by atoms with Crippen LogP contribution in [0.2, 0.25) is 10.0 Å². The monoisotopic (exact) mass is 479 g/mol. The lowest BCUT2D eigenvalue weighted by molar-refractivity contribution is 0.591. The molecule has 0 aliphatic rings. The van der Waals surface area contributed by atoms with E-state index in [4.69, 9.17) is 34.1 Å². The Morgan fingerprint density at radius 2 is 1.65 bits per heavy atom. The Morgan fingerprint density at radius 1 is 0.903 bits per heavy atom. The summed E-state index contributed by atoms with van der Waals surface area (Å²) in [6.07, 6.45) is 0. The zero-order chi connectivity index (χ0) is 22.5. The van der Waals surface area contributed by atoms with Crippen LogP contribution in [0.5, 0.6) is 0 Å². The van der Waals surface area contributed by atoms with E-state index < -0.39 is 26.6 Å². The predicted octanol–water partition coefficient (Wildman–Crippen LogP) is 5.38. The van der Waals surface area contributed by atoms with Crippen molar-refractivity contribution in [2.75, 3.05) is 5.73 Å². The molecule has 31 heavy (non-hydrogen) atoms. The molecule has 1 heterocycles. The number of nitrogens with zero attached hydrogens (tertiary/aromatic N) is 1. The first-order chi connectivity index (χ1) is 14.6. The molecule has 5 nitrogen and oxygen atoms in total. The smallest absolute Gasteiger partial charge is 0.239 e. The lowest BCUT2D eigenvalue weighted by atomic mass is 9.96. The van der Waals surface area contributed by atoms with Crippen molar-refractivity contribution >= 4 is 49.9 Å². The van der Waals surface area contributed by atoms with Gasteiger partial charge < -0.3 is 5.73 Å². The van der Waals surface area contributed by atoms with Gasteiger partial charge in [-0.2, -0.15) is 0 Å². The van der Waals surface area contributed by atoms with Crippen LogP contribution >= 0.6 is 23.2 Å². The molecule has 158 valence electrons. The first-order valence-corrected chi connectivity index (χ1v) is 11.0.